The van der Waals surface area contributed by atoms with E-state index in [1.807, 2.05) is 30.3 Å². The first-order valence-electron chi connectivity index (χ1n) is 7.89. The molecule has 0 saturated heterocycles. The van der Waals surface area contributed by atoms with Crippen LogP contribution in [0.5, 0.6) is 0 Å². The van der Waals surface area contributed by atoms with Gasteiger partial charge in [0.15, 0.2) is 0 Å². The summed E-state index contributed by atoms with van der Waals surface area (Å²) in [5.41, 5.74) is 1.18. The molecule has 2 amide bonds. The normalized spacial score (nSPS) is 11.7. The van der Waals surface area contributed by atoms with Gasteiger partial charge in [-0.25, -0.2) is 0 Å². The molecule has 3 rings (SSSR count). The fourth-order valence-corrected chi connectivity index (χ4v) is 3.49. The molecule has 138 valence electrons. The van der Waals surface area contributed by atoms with Gasteiger partial charge in [-0.3, -0.25) is 14.9 Å². The van der Waals surface area contributed by atoms with Crippen molar-refractivity contribution in [1.29, 1.82) is 0 Å². The maximum atomic E-state index is 12.3. The minimum Gasteiger partial charge on any atom is -0.341 e. The number of carbonyl (C=O) groups excluding carboxylic acids is 2. The third-order valence-electron chi connectivity index (χ3n) is 3.54. The highest BCUT2D eigenvalue weighted by atomic mass is 35.5. The van der Waals surface area contributed by atoms with Gasteiger partial charge in [-0.05, 0) is 25.1 Å². The van der Waals surface area contributed by atoms with Crippen LogP contribution >= 0.6 is 34.5 Å². The van der Waals surface area contributed by atoms with E-state index in [1.54, 1.807) is 6.92 Å². The molecule has 0 aliphatic heterocycles. The van der Waals surface area contributed by atoms with Crippen LogP contribution < -0.4 is 10.6 Å². The van der Waals surface area contributed by atoms with Gasteiger partial charge in [-0.1, -0.05) is 64.9 Å². The maximum absolute atomic E-state index is 12.3. The fraction of sp³-hybridized carbons (Fsp3) is 0.111. The van der Waals surface area contributed by atoms with Crippen molar-refractivity contribution in [3.63, 3.8) is 0 Å². The minimum atomic E-state index is -0.792. The monoisotopic (exact) mass is 420 g/mol. The van der Waals surface area contributed by atoms with Crippen LogP contribution in [0.4, 0.5) is 5.13 Å². The van der Waals surface area contributed by atoms with Crippen LogP contribution in [-0.4, -0.2) is 28.1 Å². The molecule has 6 nitrogen and oxygen atoms in total. The Bertz CT molecular complexity index is 958. The second kappa shape index (κ2) is 8.47. The lowest BCUT2D eigenvalue weighted by molar-refractivity contribution is -0.117. The van der Waals surface area contributed by atoms with Gasteiger partial charge in [-0.2, -0.15) is 0 Å². The Kier molecular flexibility index (Phi) is 6.05. The molecule has 0 bridgehead atoms. The number of halogens is 2. The lowest BCUT2D eigenvalue weighted by atomic mass is 10.2. The molecule has 0 saturated carbocycles. The molecule has 1 unspecified atom stereocenters. The first kappa shape index (κ1) is 19.3. The third-order valence-corrected chi connectivity index (χ3v) is 4.87. The van der Waals surface area contributed by atoms with Crippen molar-refractivity contribution in [2.24, 2.45) is 0 Å². The molecule has 0 aliphatic carbocycles. The topological polar surface area (TPSA) is 84.0 Å². The fourth-order valence-electron chi connectivity index (χ4n) is 2.22. The van der Waals surface area contributed by atoms with Crippen molar-refractivity contribution in [3.05, 3.63) is 64.1 Å². The summed E-state index contributed by atoms with van der Waals surface area (Å²) in [6, 6.07) is 13.2. The zero-order chi connectivity index (χ0) is 19.4. The summed E-state index contributed by atoms with van der Waals surface area (Å²) in [4.78, 5) is 24.6. The zero-order valence-electron chi connectivity index (χ0n) is 14.1. The molecule has 0 aliphatic rings. The van der Waals surface area contributed by atoms with Crippen LogP contribution in [0.3, 0.4) is 0 Å². The maximum Gasteiger partial charge on any atom is 0.252 e. The lowest BCUT2D eigenvalue weighted by Crippen LogP contribution is -2.41. The van der Waals surface area contributed by atoms with Crippen molar-refractivity contribution in [2.45, 2.75) is 13.0 Å². The molecule has 2 N–H and O–H groups in total. The quantitative estimate of drug-likeness (QED) is 0.645. The number of nitrogens with zero attached hydrogens (tertiary/aromatic N) is 2. The highest BCUT2D eigenvalue weighted by molar-refractivity contribution is 7.18. The molecule has 27 heavy (non-hydrogen) atoms. The molecule has 0 fully saturated rings. The number of amides is 2. The Morgan fingerprint density at radius 1 is 1.04 bits per heavy atom. The molecule has 1 atom stereocenters. The van der Waals surface area contributed by atoms with Crippen molar-refractivity contribution in [2.75, 3.05) is 5.32 Å². The second-order valence-electron chi connectivity index (χ2n) is 5.62. The van der Waals surface area contributed by atoms with Crippen molar-refractivity contribution >= 4 is 51.5 Å². The minimum absolute atomic E-state index is 0.273. The zero-order valence-corrected chi connectivity index (χ0v) is 16.4. The van der Waals surface area contributed by atoms with Gasteiger partial charge in [0.25, 0.3) is 5.91 Å². The number of benzene rings is 2. The van der Waals surface area contributed by atoms with Gasteiger partial charge < -0.3 is 5.32 Å². The summed E-state index contributed by atoms with van der Waals surface area (Å²) >= 11 is 13.0. The summed E-state index contributed by atoms with van der Waals surface area (Å²) in [6.45, 7) is 1.57. The van der Waals surface area contributed by atoms with Gasteiger partial charge in [0, 0.05) is 21.2 Å². The van der Waals surface area contributed by atoms with Crippen LogP contribution in [0.25, 0.3) is 10.6 Å². The van der Waals surface area contributed by atoms with E-state index in [0.29, 0.717) is 20.2 Å². The smallest absolute Gasteiger partial charge is 0.252 e. The average Bonchev–Trinajstić information content (AvgIpc) is 3.10. The van der Waals surface area contributed by atoms with E-state index in [1.165, 1.54) is 29.5 Å². The number of rotatable bonds is 5. The third kappa shape index (κ3) is 5.03. The van der Waals surface area contributed by atoms with Gasteiger partial charge in [0.1, 0.15) is 11.0 Å². The number of hydrogen-bond donors (Lipinski definition) is 2. The molecule has 1 aromatic heterocycles. The van der Waals surface area contributed by atoms with Crippen molar-refractivity contribution in [3.8, 4) is 10.6 Å². The summed E-state index contributed by atoms with van der Waals surface area (Å²) in [5.74, 6) is -0.864. The standard InChI is InChI=1S/C18H14Cl2N4O2S/c1-10(21-16(26)12-7-13(19)9-14(20)8-12)15(25)22-18-24-23-17(27-18)11-5-3-2-4-6-11/h2-10H,1H3,(H,21,26)(H,22,24,25). The van der Waals surface area contributed by atoms with Gasteiger partial charge >= 0.3 is 0 Å². The van der Waals surface area contributed by atoms with E-state index in [9.17, 15) is 9.59 Å². The van der Waals surface area contributed by atoms with Crippen molar-refractivity contribution < 1.29 is 9.59 Å². The molecular formula is C18H14Cl2N4O2S. The first-order valence-corrected chi connectivity index (χ1v) is 9.46. The molecule has 3 aromatic rings. The number of aromatic nitrogens is 2. The van der Waals surface area contributed by atoms with E-state index >= 15 is 0 Å². The van der Waals surface area contributed by atoms with Gasteiger partial charge in [0.05, 0.1) is 0 Å². The highest BCUT2D eigenvalue weighted by Gasteiger charge is 2.19. The van der Waals surface area contributed by atoms with Crippen LogP contribution in [0.1, 0.15) is 17.3 Å². The van der Waals surface area contributed by atoms with E-state index in [2.05, 4.69) is 20.8 Å². The molecular weight excluding hydrogens is 407 g/mol. The Morgan fingerprint density at radius 2 is 1.70 bits per heavy atom. The van der Waals surface area contributed by atoms with Crippen LogP contribution in [0.15, 0.2) is 48.5 Å². The SMILES string of the molecule is CC(NC(=O)c1cc(Cl)cc(Cl)c1)C(=O)Nc1nnc(-c2ccccc2)s1. The predicted octanol–water partition coefficient (Wildman–Crippen LogP) is 4.27. The molecule has 0 spiro atoms. The summed E-state index contributed by atoms with van der Waals surface area (Å²) in [5, 5.41) is 15.0. The number of carbonyl (C=O) groups is 2. The highest BCUT2D eigenvalue weighted by Crippen LogP contribution is 2.26. The number of anilines is 1. The molecule has 1 heterocycles. The first-order chi connectivity index (χ1) is 12.9. The summed E-state index contributed by atoms with van der Waals surface area (Å²) < 4.78 is 0. The van der Waals surface area contributed by atoms with Crippen LogP contribution in [-0.2, 0) is 4.79 Å². The average molecular weight is 421 g/mol. The largest absolute Gasteiger partial charge is 0.341 e. The van der Waals surface area contributed by atoms with Crippen LogP contribution in [0.2, 0.25) is 10.0 Å². The Labute approximate surface area is 169 Å². The second-order valence-corrected chi connectivity index (χ2v) is 7.47. The number of hydrogen-bond acceptors (Lipinski definition) is 5. The van der Waals surface area contributed by atoms with Gasteiger partial charge in [0.2, 0.25) is 11.0 Å². The van der Waals surface area contributed by atoms with Crippen LogP contribution in [0, 0.1) is 0 Å². The Morgan fingerprint density at radius 3 is 2.37 bits per heavy atom. The van der Waals surface area contributed by atoms with E-state index in [0.717, 1.165) is 5.56 Å². The lowest BCUT2D eigenvalue weighted by Gasteiger charge is -2.13. The Balaban J connectivity index is 1.62. The van der Waals surface area contributed by atoms with Crippen molar-refractivity contribution in [1.82, 2.24) is 15.5 Å². The van der Waals surface area contributed by atoms with Gasteiger partial charge in [-0.15, -0.1) is 10.2 Å². The Hall–Kier alpha value is -2.48. The summed E-state index contributed by atoms with van der Waals surface area (Å²) in [7, 11) is 0. The molecule has 9 heteroatoms. The molecule has 0 radical (unpaired) electrons. The van der Waals surface area contributed by atoms with E-state index in [-0.39, 0.29) is 5.56 Å². The van der Waals surface area contributed by atoms with E-state index < -0.39 is 17.9 Å². The molecule has 2 aromatic carbocycles. The predicted molar refractivity (Wildman–Crippen MR) is 107 cm³/mol. The summed E-state index contributed by atoms with van der Waals surface area (Å²) in [6.07, 6.45) is 0. The number of nitrogens with one attached hydrogen (secondary N) is 2. The van der Waals surface area contributed by atoms with E-state index in [4.69, 9.17) is 23.2 Å².